The average Bonchev–Trinajstić information content (AvgIpc) is 2.53. The Morgan fingerprint density at radius 1 is 1.14 bits per heavy atom. The number of hydrogen-bond donors (Lipinski definition) is 0. The van der Waals surface area contributed by atoms with E-state index in [1.807, 2.05) is 6.07 Å². The van der Waals surface area contributed by atoms with Gasteiger partial charge in [0.2, 0.25) is 0 Å². The number of halogens is 1. The number of aliphatic imine (C=N–C) groups is 1. The fraction of sp³-hybridized carbons (Fsp3) is 0.133. The van der Waals surface area contributed by atoms with Crippen LogP contribution in [0.2, 0.25) is 0 Å². The number of non-ortho nitro benzene ring substituents is 1. The highest BCUT2D eigenvalue weighted by Crippen LogP contribution is 2.32. The molecule has 6 nitrogen and oxygen atoms in total. The first kappa shape index (κ1) is 16.0. The zero-order valence-electron chi connectivity index (χ0n) is 11.9. The first-order valence-electron chi connectivity index (χ1n) is 6.25. The van der Waals surface area contributed by atoms with Gasteiger partial charge in [-0.15, -0.1) is 0 Å². The molecule has 0 heterocycles. The van der Waals surface area contributed by atoms with Crippen LogP contribution in [0.3, 0.4) is 0 Å². The van der Waals surface area contributed by atoms with Crippen molar-refractivity contribution >= 4 is 33.5 Å². The fourth-order valence-electron chi connectivity index (χ4n) is 1.79. The van der Waals surface area contributed by atoms with Crippen LogP contribution in [0.5, 0.6) is 11.5 Å². The van der Waals surface area contributed by atoms with Gasteiger partial charge in [0, 0.05) is 30.0 Å². The van der Waals surface area contributed by atoms with E-state index in [9.17, 15) is 10.1 Å². The Morgan fingerprint density at radius 3 is 2.32 bits per heavy atom. The highest BCUT2D eigenvalue weighted by molar-refractivity contribution is 9.10. The highest BCUT2D eigenvalue weighted by Gasteiger charge is 2.08. The number of nitrogens with zero attached hydrogens (tertiary/aromatic N) is 2. The van der Waals surface area contributed by atoms with Crippen molar-refractivity contribution in [2.45, 2.75) is 0 Å². The van der Waals surface area contributed by atoms with Gasteiger partial charge < -0.3 is 9.47 Å². The van der Waals surface area contributed by atoms with E-state index in [1.165, 1.54) is 12.1 Å². The van der Waals surface area contributed by atoms with Crippen molar-refractivity contribution in [3.63, 3.8) is 0 Å². The molecule has 0 aromatic heterocycles. The molecule has 2 aromatic rings. The van der Waals surface area contributed by atoms with Crippen molar-refractivity contribution in [3.8, 4) is 11.5 Å². The van der Waals surface area contributed by atoms with Gasteiger partial charge in [0.05, 0.1) is 29.3 Å². The van der Waals surface area contributed by atoms with Crippen LogP contribution in [0, 0.1) is 10.1 Å². The minimum absolute atomic E-state index is 0.0312. The third kappa shape index (κ3) is 3.62. The summed E-state index contributed by atoms with van der Waals surface area (Å²) in [5, 5.41) is 10.6. The second kappa shape index (κ2) is 7.04. The lowest BCUT2D eigenvalue weighted by Crippen LogP contribution is -1.94. The summed E-state index contributed by atoms with van der Waals surface area (Å²) in [6.07, 6.45) is 1.63. The molecule has 0 N–H and O–H groups in total. The normalized spacial score (nSPS) is 10.7. The molecule has 0 saturated carbocycles. The van der Waals surface area contributed by atoms with E-state index in [1.54, 1.807) is 38.6 Å². The molecule has 0 aliphatic carbocycles. The Morgan fingerprint density at radius 2 is 1.77 bits per heavy atom. The number of hydrogen-bond acceptors (Lipinski definition) is 5. The molecule has 2 aromatic carbocycles. The summed E-state index contributed by atoms with van der Waals surface area (Å²) in [5.74, 6) is 1.27. The van der Waals surface area contributed by atoms with Gasteiger partial charge in [-0.05, 0) is 34.1 Å². The largest absolute Gasteiger partial charge is 0.496 e. The number of benzene rings is 2. The standard InChI is InChI=1S/C15H13BrN2O4/c1-21-14-8-15(22-2)13(16)7-10(14)9-17-11-3-5-12(6-4-11)18(19)20/h3-9H,1-2H3. The number of ether oxygens (including phenoxy) is 2. The SMILES string of the molecule is COc1cc(OC)c(C=Nc2ccc([N+](=O)[O-])cc2)cc1Br. The molecule has 7 heteroatoms. The van der Waals surface area contributed by atoms with Crippen LogP contribution in [-0.2, 0) is 0 Å². The van der Waals surface area contributed by atoms with Gasteiger partial charge in [-0.2, -0.15) is 0 Å². The Kier molecular flexibility index (Phi) is 5.11. The maximum atomic E-state index is 10.6. The third-order valence-electron chi connectivity index (χ3n) is 2.92. The van der Waals surface area contributed by atoms with Crippen LogP contribution >= 0.6 is 15.9 Å². The summed E-state index contributed by atoms with van der Waals surface area (Å²) in [6, 6.07) is 9.56. The van der Waals surface area contributed by atoms with Crippen LogP contribution in [-0.4, -0.2) is 25.4 Å². The summed E-state index contributed by atoms with van der Waals surface area (Å²) in [4.78, 5) is 14.5. The Bertz CT molecular complexity index is 714. The molecule has 2 rings (SSSR count). The van der Waals surface area contributed by atoms with E-state index in [4.69, 9.17) is 9.47 Å². The molecule has 0 fully saturated rings. The smallest absolute Gasteiger partial charge is 0.269 e. The van der Waals surface area contributed by atoms with E-state index in [0.29, 0.717) is 17.2 Å². The molecule has 0 amide bonds. The number of nitro benzene ring substituents is 1. The van der Waals surface area contributed by atoms with Crippen LogP contribution in [0.1, 0.15) is 5.56 Å². The zero-order chi connectivity index (χ0) is 16.1. The summed E-state index contributed by atoms with van der Waals surface area (Å²) in [7, 11) is 3.13. The van der Waals surface area contributed by atoms with Gasteiger partial charge in [0.1, 0.15) is 11.5 Å². The van der Waals surface area contributed by atoms with Crippen LogP contribution < -0.4 is 9.47 Å². The van der Waals surface area contributed by atoms with E-state index < -0.39 is 4.92 Å². The third-order valence-corrected chi connectivity index (χ3v) is 3.54. The molecule has 0 unspecified atom stereocenters. The fourth-order valence-corrected chi connectivity index (χ4v) is 2.31. The molecule has 114 valence electrons. The number of nitro groups is 1. The van der Waals surface area contributed by atoms with Gasteiger partial charge >= 0.3 is 0 Å². The van der Waals surface area contributed by atoms with Gasteiger partial charge in [0.25, 0.3) is 5.69 Å². The van der Waals surface area contributed by atoms with Gasteiger partial charge in [0.15, 0.2) is 0 Å². The summed E-state index contributed by atoms with van der Waals surface area (Å²) < 4.78 is 11.3. The lowest BCUT2D eigenvalue weighted by Gasteiger charge is -2.09. The van der Waals surface area contributed by atoms with Crippen LogP contribution in [0.15, 0.2) is 45.9 Å². The highest BCUT2D eigenvalue weighted by atomic mass is 79.9. The van der Waals surface area contributed by atoms with Gasteiger partial charge in [-0.25, -0.2) is 0 Å². The monoisotopic (exact) mass is 364 g/mol. The minimum Gasteiger partial charge on any atom is -0.496 e. The summed E-state index contributed by atoms with van der Waals surface area (Å²) in [5.41, 5.74) is 1.40. The van der Waals surface area contributed by atoms with Crippen molar-refractivity contribution < 1.29 is 14.4 Å². The first-order chi connectivity index (χ1) is 10.5. The Balaban J connectivity index is 2.29. The molecule has 0 aliphatic rings. The molecular weight excluding hydrogens is 352 g/mol. The predicted molar refractivity (Wildman–Crippen MR) is 87.6 cm³/mol. The van der Waals surface area contributed by atoms with E-state index in [0.717, 1.165) is 10.0 Å². The lowest BCUT2D eigenvalue weighted by atomic mass is 10.2. The first-order valence-corrected chi connectivity index (χ1v) is 7.04. The molecule has 0 aliphatic heterocycles. The van der Waals surface area contributed by atoms with Crippen LogP contribution in [0.25, 0.3) is 0 Å². The summed E-state index contributed by atoms with van der Waals surface area (Å²) in [6.45, 7) is 0. The second-order valence-electron chi connectivity index (χ2n) is 4.26. The lowest BCUT2D eigenvalue weighted by molar-refractivity contribution is -0.384. The molecule has 0 radical (unpaired) electrons. The quantitative estimate of drug-likeness (QED) is 0.454. The topological polar surface area (TPSA) is 74.0 Å². The molecule has 0 saturated heterocycles. The molecule has 22 heavy (non-hydrogen) atoms. The van der Waals surface area contributed by atoms with Gasteiger partial charge in [-0.3, -0.25) is 15.1 Å². The molecule has 0 spiro atoms. The maximum absolute atomic E-state index is 10.6. The average molecular weight is 365 g/mol. The van der Waals surface area contributed by atoms with Gasteiger partial charge in [-0.1, -0.05) is 0 Å². The van der Waals surface area contributed by atoms with Crippen LogP contribution in [0.4, 0.5) is 11.4 Å². The van der Waals surface area contributed by atoms with Crippen molar-refractivity contribution in [2.24, 2.45) is 4.99 Å². The Labute approximate surface area is 135 Å². The van der Waals surface area contributed by atoms with Crippen molar-refractivity contribution in [1.82, 2.24) is 0 Å². The minimum atomic E-state index is -0.447. The zero-order valence-corrected chi connectivity index (χ0v) is 13.5. The van der Waals surface area contributed by atoms with E-state index >= 15 is 0 Å². The van der Waals surface area contributed by atoms with Crippen molar-refractivity contribution in [2.75, 3.05) is 14.2 Å². The van der Waals surface area contributed by atoms with E-state index in [2.05, 4.69) is 20.9 Å². The number of methoxy groups -OCH3 is 2. The molecule has 0 atom stereocenters. The van der Waals surface area contributed by atoms with Crippen molar-refractivity contribution in [3.05, 3.63) is 56.5 Å². The Hall–Kier alpha value is -2.41. The number of rotatable bonds is 5. The molecular formula is C15H13BrN2O4. The molecule has 0 bridgehead atoms. The maximum Gasteiger partial charge on any atom is 0.269 e. The second-order valence-corrected chi connectivity index (χ2v) is 5.11. The predicted octanol–water partition coefficient (Wildman–Crippen LogP) is 4.13. The van der Waals surface area contributed by atoms with E-state index in [-0.39, 0.29) is 5.69 Å². The summed E-state index contributed by atoms with van der Waals surface area (Å²) >= 11 is 3.41. The van der Waals surface area contributed by atoms with Crippen molar-refractivity contribution in [1.29, 1.82) is 0 Å².